The fraction of sp³-hybridized carbons (Fsp3) is 0.250. The van der Waals surface area contributed by atoms with Crippen molar-refractivity contribution < 1.29 is 34.1 Å². The van der Waals surface area contributed by atoms with Gasteiger partial charge in [0.2, 0.25) is 11.8 Å². The lowest BCUT2D eigenvalue weighted by molar-refractivity contribution is -0.309. The van der Waals surface area contributed by atoms with Gasteiger partial charge >= 0.3 is 0 Å². The molecule has 2 aliphatic rings. The number of carboxylic acids is 1. The molecule has 1 fully saturated rings. The van der Waals surface area contributed by atoms with Gasteiger partial charge in [0.15, 0.2) is 0 Å². The van der Waals surface area contributed by atoms with Crippen LogP contribution in [-0.2, 0) is 19.1 Å². The molecule has 0 spiro atoms. The van der Waals surface area contributed by atoms with Gasteiger partial charge in [-0.2, -0.15) is 0 Å². The largest absolute Gasteiger partial charge is 0.548 e. The number of carbonyl (C=O) groups excluding carboxylic acids is 4. The Labute approximate surface area is 194 Å². The lowest BCUT2D eigenvalue weighted by atomic mass is 10.1. The van der Waals surface area contributed by atoms with Gasteiger partial charge < -0.3 is 35.3 Å². The van der Waals surface area contributed by atoms with Crippen molar-refractivity contribution >= 4 is 41.5 Å². The molecule has 2 heterocycles. The summed E-state index contributed by atoms with van der Waals surface area (Å²) in [5.74, 6) is -2.61. The van der Waals surface area contributed by atoms with Crippen LogP contribution in [0.15, 0.2) is 42.5 Å². The van der Waals surface area contributed by atoms with Crippen LogP contribution in [0.5, 0.6) is 5.75 Å². The Morgan fingerprint density at radius 1 is 1.12 bits per heavy atom. The van der Waals surface area contributed by atoms with Crippen molar-refractivity contribution in [3.8, 4) is 5.75 Å². The van der Waals surface area contributed by atoms with E-state index in [2.05, 4.69) is 10.6 Å². The first-order valence-corrected chi connectivity index (χ1v) is 10.6. The molecule has 0 aromatic heterocycles. The Balaban J connectivity index is 1.49. The van der Waals surface area contributed by atoms with Crippen molar-refractivity contribution in [3.63, 3.8) is 0 Å². The van der Waals surface area contributed by atoms with Gasteiger partial charge in [0, 0.05) is 6.54 Å². The maximum Gasteiger partial charge on any atom is 0.256 e. The van der Waals surface area contributed by atoms with Crippen LogP contribution in [0.1, 0.15) is 27.9 Å². The maximum atomic E-state index is 13.3. The second-order valence-corrected chi connectivity index (χ2v) is 7.99. The number of ether oxygens (including phenoxy) is 1. The van der Waals surface area contributed by atoms with Crippen molar-refractivity contribution in [3.05, 3.63) is 59.2 Å². The van der Waals surface area contributed by atoms with Crippen LogP contribution in [0.3, 0.4) is 0 Å². The molecule has 2 atom stereocenters. The molecule has 3 amide bonds. The Morgan fingerprint density at radius 3 is 2.56 bits per heavy atom. The van der Waals surface area contributed by atoms with E-state index in [9.17, 15) is 29.4 Å². The fourth-order valence-electron chi connectivity index (χ4n) is 4.06. The van der Waals surface area contributed by atoms with Gasteiger partial charge in [-0.05, 0) is 41.8 Å². The van der Waals surface area contributed by atoms with Crippen LogP contribution in [0.4, 0.5) is 5.69 Å². The number of nitrogens with one attached hydrogen (secondary N) is 2. The molecular weight excluding hydrogens is 442 g/mol. The maximum absolute atomic E-state index is 13.3. The third-order valence-corrected chi connectivity index (χ3v) is 5.62. The Morgan fingerprint density at radius 2 is 1.82 bits per heavy atom. The number of fused-ring (bicyclic) bond motifs is 2. The smallest absolute Gasteiger partial charge is 0.256 e. The SMILES string of the molecule is O=C([O-])COCC(=O)N[C@H]1CCN2C(=O)c3cc(/C=C/c4ccc(O)cc4)ccc3NC(=O)[C@H]12. The van der Waals surface area contributed by atoms with E-state index in [1.54, 1.807) is 42.5 Å². The van der Waals surface area contributed by atoms with Crippen molar-refractivity contribution in [2.75, 3.05) is 25.1 Å². The highest BCUT2D eigenvalue weighted by Gasteiger charge is 2.45. The Hall–Kier alpha value is -4.18. The standard InChI is InChI=1S/C24H23N3O7/c28-16-6-3-14(4-7-16)1-2-15-5-8-18-17(11-15)24(33)27-10-9-19(22(27)23(32)26-18)25-20(29)12-34-13-21(30)31/h1-8,11,19,22,28H,9-10,12-13H2,(H,25,29)(H,26,32)(H,30,31)/p-1/b2-1+/t19-,22-/m0/s1. The van der Waals surface area contributed by atoms with Crippen molar-refractivity contribution in [1.82, 2.24) is 10.2 Å². The number of benzene rings is 2. The van der Waals surface area contributed by atoms with Gasteiger partial charge in [0.05, 0.1) is 29.9 Å². The summed E-state index contributed by atoms with van der Waals surface area (Å²) < 4.78 is 4.73. The van der Waals surface area contributed by atoms with Gasteiger partial charge in [0.25, 0.3) is 5.91 Å². The summed E-state index contributed by atoms with van der Waals surface area (Å²) in [5, 5.41) is 25.2. The van der Waals surface area contributed by atoms with E-state index in [1.807, 2.05) is 12.2 Å². The number of carbonyl (C=O) groups is 4. The molecule has 0 unspecified atom stereocenters. The minimum Gasteiger partial charge on any atom is -0.548 e. The number of nitrogens with zero attached hydrogens (tertiary/aromatic N) is 1. The molecule has 0 bridgehead atoms. The molecule has 1 saturated heterocycles. The second kappa shape index (κ2) is 9.75. The first-order chi connectivity index (χ1) is 16.3. The summed E-state index contributed by atoms with van der Waals surface area (Å²) in [5.41, 5.74) is 2.35. The number of amides is 3. The summed E-state index contributed by atoms with van der Waals surface area (Å²) in [4.78, 5) is 50.1. The third-order valence-electron chi connectivity index (χ3n) is 5.62. The molecule has 10 heteroatoms. The highest BCUT2D eigenvalue weighted by molar-refractivity contribution is 6.11. The zero-order chi connectivity index (χ0) is 24.2. The fourth-order valence-corrected chi connectivity index (χ4v) is 4.06. The summed E-state index contributed by atoms with van der Waals surface area (Å²) in [6, 6.07) is 10.3. The molecule has 0 aliphatic carbocycles. The molecule has 0 saturated carbocycles. The normalized spacial score (nSPS) is 19.4. The van der Waals surface area contributed by atoms with E-state index in [-0.39, 0.29) is 18.2 Å². The number of rotatable bonds is 7. The van der Waals surface area contributed by atoms with E-state index < -0.39 is 43.1 Å². The summed E-state index contributed by atoms with van der Waals surface area (Å²) in [7, 11) is 0. The van der Waals surface area contributed by atoms with Gasteiger partial charge in [-0.15, -0.1) is 0 Å². The van der Waals surface area contributed by atoms with Crippen LogP contribution >= 0.6 is 0 Å². The van der Waals surface area contributed by atoms with Crippen molar-refractivity contribution in [1.29, 1.82) is 0 Å². The molecule has 2 aromatic rings. The molecule has 176 valence electrons. The summed E-state index contributed by atoms with van der Waals surface area (Å²) in [6.07, 6.45) is 4.03. The number of phenolic OH excluding ortho intramolecular Hbond substituents is 1. The number of aliphatic carboxylic acids is 1. The zero-order valence-corrected chi connectivity index (χ0v) is 18.0. The first-order valence-electron chi connectivity index (χ1n) is 10.6. The van der Waals surface area contributed by atoms with Crippen molar-refractivity contribution in [2.24, 2.45) is 0 Å². The summed E-state index contributed by atoms with van der Waals surface area (Å²) >= 11 is 0. The number of carboxylic acid groups (broad SMARTS) is 1. The topological polar surface area (TPSA) is 148 Å². The number of anilines is 1. The third kappa shape index (κ3) is 5.07. The van der Waals surface area contributed by atoms with E-state index in [1.165, 1.54) is 4.90 Å². The van der Waals surface area contributed by atoms with Crippen LogP contribution in [0.2, 0.25) is 0 Å². The van der Waals surface area contributed by atoms with E-state index in [0.29, 0.717) is 17.7 Å². The first kappa shape index (κ1) is 23.0. The van der Waals surface area contributed by atoms with Crippen LogP contribution in [0, 0.1) is 0 Å². The molecule has 34 heavy (non-hydrogen) atoms. The van der Waals surface area contributed by atoms with E-state index >= 15 is 0 Å². The van der Waals surface area contributed by atoms with Gasteiger partial charge in [-0.25, -0.2) is 0 Å². The van der Waals surface area contributed by atoms with Crippen LogP contribution < -0.4 is 15.7 Å². The number of phenols is 1. The minimum absolute atomic E-state index is 0.170. The van der Waals surface area contributed by atoms with Crippen LogP contribution in [0.25, 0.3) is 12.2 Å². The van der Waals surface area contributed by atoms with E-state index in [4.69, 9.17) is 4.74 Å². The highest BCUT2D eigenvalue weighted by Crippen LogP contribution is 2.30. The monoisotopic (exact) mass is 464 g/mol. The molecule has 2 aliphatic heterocycles. The van der Waals surface area contributed by atoms with Crippen molar-refractivity contribution in [2.45, 2.75) is 18.5 Å². The minimum atomic E-state index is -1.44. The average molecular weight is 464 g/mol. The molecule has 4 rings (SSSR count). The van der Waals surface area contributed by atoms with Gasteiger partial charge in [-0.3, -0.25) is 14.4 Å². The summed E-state index contributed by atoms with van der Waals surface area (Å²) in [6.45, 7) is -0.941. The number of hydrogen-bond donors (Lipinski definition) is 3. The molecule has 10 nitrogen and oxygen atoms in total. The predicted octanol–water partition coefficient (Wildman–Crippen LogP) is -0.0195. The van der Waals surface area contributed by atoms with Gasteiger partial charge in [-0.1, -0.05) is 30.4 Å². The number of hydrogen-bond acceptors (Lipinski definition) is 7. The Bertz CT molecular complexity index is 1160. The Kier molecular flexibility index (Phi) is 6.60. The molecule has 2 aromatic carbocycles. The average Bonchev–Trinajstić information content (AvgIpc) is 3.18. The van der Waals surface area contributed by atoms with E-state index in [0.717, 1.165) is 11.1 Å². The van der Waals surface area contributed by atoms with Gasteiger partial charge in [0.1, 0.15) is 18.4 Å². The zero-order valence-electron chi connectivity index (χ0n) is 18.0. The molecular formula is C24H22N3O7-. The molecule has 3 N–H and O–H groups in total. The lowest BCUT2D eigenvalue weighted by Gasteiger charge is -2.25. The quantitative estimate of drug-likeness (QED) is 0.488. The lowest BCUT2D eigenvalue weighted by Crippen LogP contribution is -2.52. The van der Waals surface area contributed by atoms with Crippen LogP contribution in [-0.4, -0.2) is 65.5 Å². The molecule has 0 radical (unpaired) electrons. The second-order valence-electron chi connectivity index (χ2n) is 7.99. The number of aromatic hydroxyl groups is 1. The highest BCUT2D eigenvalue weighted by atomic mass is 16.5. The predicted molar refractivity (Wildman–Crippen MR) is 119 cm³/mol.